The summed E-state index contributed by atoms with van der Waals surface area (Å²) in [6, 6.07) is 0. The summed E-state index contributed by atoms with van der Waals surface area (Å²) in [4.78, 5) is 22.5. The van der Waals surface area contributed by atoms with Gasteiger partial charge in [0.25, 0.3) is 0 Å². The Labute approximate surface area is 363 Å². The monoisotopic (exact) mass is 850 g/mol. The van der Waals surface area contributed by atoms with Gasteiger partial charge in [-0.3, -0.25) is 13.8 Å². The van der Waals surface area contributed by atoms with E-state index in [-0.39, 0.29) is 32.3 Å². The molecule has 344 valence electrons. The van der Waals surface area contributed by atoms with Crippen molar-refractivity contribution < 1.29 is 32.8 Å². The summed E-state index contributed by atoms with van der Waals surface area (Å²) >= 11 is 0. The molecular weight excluding hydrogens is 758 g/mol. The molecule has 0 spiro atoms. The minimum Gasteiger partial charge on any atom is -0.457 e. The van der Waals surface area contributed by atoms with Gasteiger partial charge in [0.15, 0.2) is 0 Å². The molecule has 0 rings (SSSR count). The van der Waals surface area contributed by atoms with Crippen LogP contribution in [0.1, 0.15) is 213 Å². The third-order valence-electron chi connectivity index (χ3n) is 10.2. The second-order valence-electron chi connectivity index (χ2n) is 16.0. The molecule has 0 aromatic carbocycles. The number of carbonyl (C=O) groups is 1. The SMILES string of the molecule is CCCC/C=C\C/C=C\CCCCCCCC(=O)OC(COCCCCCCCCCCCCC/C=C\C/C=C\C/C=C\CCCCCCC)COP(=O)(O)OCCN. The predicted molar refractivity (Wildman–Crippen MR) is 252 cm³/mol. The van der Waals surface area contributed by atoms with Gasteiger partial charge in [-0.25, -0.2) is 4.57 Å². The largest absolute Gasteiger partial charge is 0.472 e. The summed E-state index contributed by atoms with van der Waals surface area (Å²) in [5.74, 6) is -0.346. The standard InChI is InChI=1S/C50H92NO7P/c1-3-5-7-9-11-13-15-17-19-20-21-22-23-24-25-26-27-28-29-30-32-34-36-38-40-42-45-55-47-49(48-57-59(53,54)56-46-44-51)58-50(52)43-41-39-37-35-33-31-18-16-14-12-10-8-6-4-2/h10,12,15-18,20-21,23-24,49H,3-9,11,13-14,19,22,25-48,51H2,1-2H3,(H,53,54)/b12-10-,17-15-,18-16-,21-20-,24-23-. The second-order valence-corrected chi connectivity index (χ2v) is 17.4. The quantitative estimate of drug-likeness (QED) is 0.0269. The van der Waals surface area contributed by atoms with Crippen molar-refractivity contribution in [2.45, 2.75) is 219 Å². The highest BCUT2D eigenvalue weighted by Gasteiger charge is 2.25. The molecule has 0 heterocycles. The number of nitrogens with two attached hydrogens (primary N) is 1. The van der Waals surface area contributed by atoms with Crippen LogP contribution in [0.5, 0.6) is 0 Å². The zero-order chi connectivity index (χ0) is 43.0. The number of phosphoric ester groups is 1. The maximum absolute atomic E-state index is 12.6. The van der Waals surface area contributed by atoms with Gasteiger partial charge >= 0.3 is 13.8 Å². The Hall–Kier alpha value is -1.80. The summed E-state index contributed by atoms with van der Waals surface area (Å²) in [5.41, 5.74) is 5.38. The molecule has 0 aromatic heterocycles. The number of hydrogen-bond donors (Lipinski definition) is 2. The van der Waals surface area contributed by atoms with Crippen molar-refractivity contribution in [1.82, 2.24) is 0 Å². The maximum atomic E-state index is 12.6. The summed E-state index contributed by atoms with van der Waals surface area (Å²) in [5, 5.41) is 0. The van der Waals surface area contributed by atoms with E-state index in [0.29, 0.717) is 13.0 Å². The van der Waals surface area contributed by atoms with E-state index in [1.54, 1.807) is 0 Å². The number of hydrogen-bond acceptors (Lipinski definition) is 7. The lowest BCUT2D eigenvalue weighted by Crippen LogP contribution is -2.28. The second kappa shape index (κ2) is 47.3. The van der Waals surface area contributed by atoms with E-state index >= 15 is 0 Å². The van der Waals surface area contributed by atoms with Crippen molar-refractivity contribution in [3.05, 3.63) is 60.8 Å². The summed E-state index contributed by atoms with van der Waals surface area (Å²) in [7, 11) is -4.29. The summed E-state index contributed by atoms with van der Waals surface area (Å²) < 4.78 is 33.5. The van der Waals surface area contributed by atoms with E-state index < -0.39 is 13.9 Å². The number of esters is 1. The van der Waals surface area contributed by atoms with Gasteiger partial charge in [0.05, 0.1) is 19.8 Å². The molecule has 0 radical (unpaired) electrons. The van der Waals surface area contributed by atoms with E-state index in [4.69, 9.17) is 24.3 Å². The molecular formula is C50H92NO7P. The summed E-state index contributed by atoms with van der Waals surface area (Å²) in [6.07, 6.45) is 58.2. The number of phosphoric acid groups is 1. The van der Waals surface area contributed by atoms with E-state index in [1.807, 2.05) is 0 Å². The topological polar surface area (TPSA) is 117 Å². The lowest BCUT2D eigenvalue weighted by molar-refractivity contribution is -0.154. The zero-order valence-electron chi connectivity index (χ0n) is 38.2. The number of allylic oxidation sites excluding steroid dienone is 10. The molecule has 0 amide bonds. The molecule has 2 unspecified atom stereocenters. The maximum Gasteiger partial charge on any atom is 0.472 e. The lowest BCUT2D eigenvalue weighted by Gasteiger charge is -2.20. The van der Waals surface area contributed by atoms with E-state index in [9.17, 15) is 14.3 Å². The minimum absolute atomic E-state index is 0.0954. The Balaban J connectivity index is 3.94. The predicted octanol–water partition coefficient (Wildman–Crippen LogP) is 14.9. The first-order valence-electron chi connectivity index (χ1n) is 24.3. The molecule has 0 aliphatic carbocycles. The van der Waals surface area contributed by atoms with Gasteiger partial charge in [-0.05, 0) is 77.0 Å². The fraction of sp³-hybridized carbons (Fsp3) is 0.780. The fourth-order valence-electron chi connectivity index (χ4n) is 6.55. The van der Waals surface area contributed by atoms with Gasteiger partial charge < -0.3 is 20.1 Å². The smallest absolute Gasteiger partial charge is 0.457 e. The van der Waals surface area contributed by atoms with Crippen LogP contribution in [0.4, 0.5) is 0 Å². The van der Waals surface area contributed by atoms with Crippen molar-refractivity contribution in [2.24, 2.45) is 5.73 Å². The van der Waals surface area contributed by atoms with Crippen LogP contribution in [0.3, 0.4) is 0 Å². The highest BCUT2D eigenvalue weighted by molar-refractivity contribution is 7.47. The van der Waals surface area contributed by atoms with Crippen LogP contribution in [0.2, 0.25) is 0 Å². The fourth-order valence-corrected chi connectivity index (χ4v) is 7.32. The Morgan fingerprint density at radius 3 is 1.39 bits per heavy atom. The Morgan fingerprint density at radius 1 is 0.508 bits per heavy atom. The van der Waals surface area contributed by atoms with Gasteiger partial charge in [0.1, 0.15) is 6.10 Å². The van der Waals surface area contributed by atoms with Crippen LogP contribution in [0.15, 0.2) is 60.8 Å². The average Bonchev–Trinajstić information content (AvgIpc) is 3.23. The lowest BCUT2D eigenvalue weighted by atomic mass is 10.1. The van der Waals surface area contributed by atoms with Crippen LogP contribution in [-0.4, -0.2) is 49.9 Å². The molecule has 2 atom stereocenters. The number of ether oxygens (including phenoxy) is 2. The normalized spacial score (nSPS) is 13.9. The van der Waals surface area contributed by atoms with Crippen LogP contribution in [-0.2, 0) is 27.9 Å². The Bertz CT molecular complexity index is 1090. The average molecular weight is 850 g/mol. The molecule has 9 heteroatoms. The van der Waals surface area contributed by atoms with E-state index in [2.05, 4.69) is 74.6 Å². The number of rotatable bonds is 46. The van der Waals surface area contributed by atoms with Crippen molar-refractivity contribution in [2.75, 3.05) is 33.0 Å². The van der Waals surface area contributed by atoms with Gasteiger partial charge in [-0.15, -0.1) is 0 Å². The van der Waals surface area contributed by atoms with Crippen molar-refractivity contribution in [3.63, 3.8) is 0 Å². The highest BCUT2D eigenvalue weighted by atomic mass is 31.2. The Kier molecular flexibility index (Phi) is 45.8. The van der Waals surface area contributed by atoms with Gasteiger partial charge in [0.2, 0.25) is 0 Å². The van der Waals surface area contributed by atoms with Crippen LogP contribution >= 0.6 is 7.82 Å². The first-order chi connectivity index (χ1) is 28.9. The molecule has 3 N–H and O–H groups in total. The van der Waals surface area contributed by atoms with Crippen LogP contribution < -0.4 is 5.73 Å². The van der Waals surface area contributed by atoms with Gasteiger partial charge in [0, 0.05) is 19.6 Å². The van der Waals surface area contributed by atoms with Gasteiger partial charge in [-0.1, -0.05) is 190 Å². The van der Waals surface area contributed by atoms with Crippen molar-refractivity contribution in [1.29, 1.82) is 0 Å². The molecule has 0 saturated heterocycles. The van der Waals surface area contributed by atoms with Crippen molar-refractivity contribution in [3.8, 4) is 0 Å². The summed E-state index contributed by atoms with van der Waals surface area (Å²) in [6.45, 7) is 4.85. The van der Waals surface area contributed by atoms with Crippen molar-refractivity contribution >= 4 is 13.8 Å². The third kappa shape index (κ3) is 47.1. The Morgan fingerprint density at radius 2 is 0.915 bits per heavy atom. The molecule has 0 aromatic rings. The molecule has 0 bridgehead atoms. The molecule has 59 heavy (non-hydrogen) atoms. The molecule has 0 fully saturated rings. The van der Waals surface area contributed by atoms with Crippen LogP contribution in [0, 0.1) is 0 Å². The number of carbonyl (C=O) groups excluding carboxylic acids is 1. The molecule has 8 nitrogen and oxygen atoms in total. The van der Waals surface area contributed by atoms with Crippen LogP contribution in [0.25, 0.3) is 0 Å². The molecule has 0 saturated carbocycles. The molecule has 0 aliphatic rings. The zero-order valence-corrected chi connectivity index (χ0v) is 39.1. The van der Waals surface area contributed by atoms with Gasteiger partial charge in [-0.2, -0.15) is 0 Å². The highest BCUT2D eigenvalue weighted by Crippen LogP contribution is 2.43. The first-order valence-corrected chi connectivity index (χ1v) is 25.8. The third-order valence-corrected chi connectivity index (χ3v) is 11.1. The number of unbranched alkanes of at least 4 members (excludes halogenated alkanes) is 23. The van der Waals surface area contributed by atoms with E-state index in [0.717, 1.165) is 70.6 Å². The van der Waals surface area contributed by atoms with E-state index in [1.165, 1.54) is 122 Å². The first kappa shape index (κ1) is 57.2. The molecule has 0 aliphatic heterocycles. The minimum atomic E-state index is -4.29.